The average molecular weight is 266 g/mol. The average Bonchev–Trinajstić information content (AvgIpc) is 2.25. The van der Waals surface area contributed by atoms with Crippen LogP contribution in [0.3, 0.4) is 0 Å². The molecule has 1 aromatic carbocycles. The molecule has 0 aromatic heterocycles. The molecule has 0 N–H and O–H groups in total. The highest BCUT2D eigenvalue weighted by Crippen LogP contribution is 2.38. The molecule has 0 aliphatic rings. The van der Waals surface area contributed by atoms with Crippen molar-refractivity contribution in [1.29, 1.82) is 0 Å². The van der Waals surface area contributed by atoms with Gasteiger partial charge in [-0.3, -0.25) is 4.79 Å². The van der Waals surface area contributed by atoms with E-state index in [1.54, 1.807) is 6.92 Å². The van der Waals surface area contributed by atoms with E-state index >= 15 is 0 Å². The molecule has 0 unspecified atom stereocenters. The molecule has 0 bridgehead atoms. The quantitative estimate of drug-likeness (QED) is 0.585. The van der Waals surface area contributed by atoms with Crippen molar-refractivity contribution in [2.75, 3.05) is 0 Å². The smallest absolute Gasteiger partial charge is 0.295 e. The largest absolute Gasteiger partial charge is 0.416 e. The Labute approximate surface area is 101 Å². The highest BCUT2D eigenvalue weighted by Gasteiger charge is 2.36. The first-order chi connectivity index (χ1) is 8.18. The van der Waals surface area contributed by atoms with Gasteiger partial charge in [-0.1, -0.05) is 6.92 Å². The summed E-state index contributed by atoms with van der Waals surface area (Å²) in [6, 6.07) is 1.28. The van der Waals surface area contributed by atoms with Crippen LogP contribution in [0.25, 0.3) is 0 Å². The van der Waals surface area contributed by atoms with Crippen molar-refractivity contribution in [2.45, 2.75) is 32.9 Å². The zero-order chi connectivity index (χ0) is 14.1. The van der Waals surface area contributed by atoms with Gasteiger partial charge < -0.3 is 0 Å². The summed E-state index contributed by atoms with van der Waals surface area (Å²) in [6.07, 6.45) is -7.91. The lowest BCUT2D eigenvalue weighted by Crippen LogP contribution is -2.13. The normalized spacial score (nSPS) is 12.0. The van der Waals surface area contributed by atoms with Crippen LogP contribution in [0, 0.1) is 0 Å². The summed E-state index contributed by atoms with van der Waals surface area (Å²) < 4.78 is 63.2. The van der Waals surface area contributed by atoms with Crippen LogP contribution in [0.1, 0.15) is 47.3 Å². The summed E-state index contributed by atoms with van der Waals surface area (Å²) in [4.78, 5) is 11.2. The van der Waals surface area contributed by atoms with Crippen LogP contribution in [0.15, 0.2) is 12.1 Å². The van der Waals surface area contributed by atoms with Gasteiger partial charge in [0, 0.05) is 11.1 Å². The van der Waals surface area contributed by atoms with Crippen molar-refractivity contribution >= 4 is 5.78 Å². The maximum atomic E-state index is 12.6. The second-order valence-corrected chi connectivity index (χ2v) is 3.80. The number of hydrogen-bond acceptors (Lipinski definition) is 1. The van der Waals surface area contributed by atoms with E-state index in [9.17, 15) is 26.7 Å². The Balaban J connectivity index is 3.58. The van der Waals surface area contributed by atoms with Gasteiger partial charge in [0.15, 0.2) is 5.78 Å². The molecule has 6 heteroatoms. The first-order valence-electron chi connectivity index (χ1n) is 5.21. The fourth-order valence-corrected chi connectivity index (χ4v) is 1.71. The maximum absolute atomic E-state index is 12.6. The summed E-state index contributed by atoms with van der Waals surface area (Å²) in [7, 11) is 0. The van der Waals surface area contributed by atoms with Crippen LogP contribution in [0.4, 0.5) is 22.0 Å². The van der Waals surface area contributed by atoms with Gasteiger partial charge in [0.2, 0.25) is 0 Å². The zero-order valence-electron chi connectivity index (χ0n) is 9.74. The van der Waals surface area contributed by atoms with Crippen molar-refractivity contribution in [3.63, 3.8) is 0 Å². The number of benzene rings is 1. The van der Waals surface area contributed by atoms with Crippen LogP contribution in [-0.2, 0) is 12.6 Å². The SMILES string of the molecule is CCc1cc(C(F)F)c(C(F)(F)F)cc1C(C)=O. The number of alkyl halides is 5. The minimum Gasteiger partial charge on any atom is -0.295 e. The minimum absolute atomic E-state index is 0.158. The van der Waals surface area contributed by atoms with E-state index in [0.717, 1.165) is 13.0 Å². The molecule has 100 valence electrons. The Bertz CT molecular complexity index is 462. The van der Waals surface area contributed by atoms with Gasteiger partial charge in [-0.05, 0) is 31.0 Å². The topological polar surface area (TPSA) is 17.1 Å². The molecular weight excluding hydrogens is 255 g/mol. The Morgan fingerprint density at radius 1 is 1.28 bits per heavy atom. The molecule has 0 radical (unpaired) electrons. The van der Waals surface area contributed by atoms with Gasteiger partial charge in [0.1, 0.15) is 0 Å². The third-order valence-electron chi connectivity index (χ3n) is 2.58. The summed E-state index contributed by atoms with van der Waals surface area (Å²) in [5.41, 5.74) is -2.48. The minimum atomic E-state index is -4.90. The molecule has 0 spiro atoms. The number of Topliss-reactive ketones (excluding diaryl/α,β-unsaturated/α-hetero) is 1. The molecule has 0 aliphatic carbocycles. The molecule has 0 saturated carbocycles. The lowest BCUT2D eigenvalue weighted by atomic mass is 9.94. The number of carbonyl (C=O) groups excluding carboxylic acids is 1. The lowest BCUT2D eigenvalue weighted by Gasteiger charge is -2.16. The van der Waals surface area contributed by atoms with Crippen molar-refractivity contribution in [3.05, 3.63) is 34.4 Å². The van der Waals surface area contributed by atoms with E-state index in [0.29, 0.717) is 6.07 Å². The molecule has 0 atom stereocenters. The fraction of sp³-hybridized carbons (Fsp3) is 0.417. The first-order valence-corrected chi connectivity index (χ1v) is 5.21. The van der Waals surface area contributed by atoms with Gasteiger partial charge in [-0.2, -0.15) is 13.2 Å². The summed E-state index contributed by atoms with van der Waals surface area (Å²) in [5, 5.41) is 0. The fourth-order valence-electron chi connectivity index (χ4n) is 1.71. The number of halogens is 5. The summed E-state index contributed by atoms with van der Waals surface area (Å²) in [6.45, 7) is 2.70. The molecule has 0 fully saturated rings. The third-order valence-corrected chi connectivity index (χ3v) is 2.58. The van der Waals surface area contributed by atoms with Crippen molar-refractivity contribution in [1.82, 2.24) is 0 Å². The van der Waals surface area contributed by atoms with Gasteiger partial charge >= 0.3 is 6.18 Å². The molecule has 1 aromatic rings. The number of rotatable bonds is 3. The van der Waals surface area contributed by atoms with Crippen LogP contribution in [0.2, 0.25) is 0 Å². The van der Waals surface area contributed by atoms with E-state index in [4.69, 9.17) is 0 Å². The second-order valence-electron chi connectivity index (χ2n) is 3.80. The van der Waals surface area contributed by atoms with E-state index in [1.807, 2.05) is 0 Å². The van der Waals surface area contributed by atoms with E-state index in [2.05, 4.69) is 0 Å². The predicted octanol–water partition coefficient (Wildman–Crippen LogP) is 4.41. The van der Waals surface area contributed by atoms with Crippen LogP contribution < -0.4 is 0 Å². The molecule has 1 rings (SSSR count). The molecule has 1 nitrogen and oxygen atoms in total. The van der Waals surface area contributed by atoms with E-state index in [1.165, 1.54) is 0 Å². The van der Waals surface area contributed by atoms with Crippen LogP contribution in [0.5, 0.6) is 0 Å². The Morgan fingerprint density at radius 2 is 1.83 bits per heavy atom. The highest BCUT2D eigenvalue weighted by molar-refractivity contribution is 5.96. The number of ketones is 1. The standard InChI is InChI=1S/C12H11F5O/c1-3-7-4-9(11(13)14)10(12(15,16)17)5-8(7)6(2)18/h4-5,11H,3H2,1-2H3. The van der Waals surface area contributed by atoms with Gasteiger partial charge in [0.25, 0.3) is 6.43 Å². The number of aryl methyl sites for hydroxylation is 1. The van der Waals surface area contributed by atoms with Gasteiger partial charge in [-0.15, -0.1) is 0 Å². The number of carbonyl (C=O) groups is 1. The molecule has 0 saturated heterocycles. The monoisotopic (exact) mass is 266 g/mol. The van der Waals surface area contributed by atoms with Crippen molar-refractivity contribution < 1.29 is 26.7 Å². The van der Waals surface area contributed by atoms with E-state index in [-0.39, 0.29) is 17.5 Å². The Hall–Kier alpha value is -1.46. The molecule has 0 amide bonds. The Kier molecular flexibility index (Phi) is 4.09. The van der Waals surface area contributed by atoms with Crippen molar-refractivity contribution in [3.8, 4) is 0 Å². The first kappa shape index (κ1) is 14.6. The van der Waals surface area contributed by atoms with Crippen molar-refractivity contribution in [2.24, 2.45) is 0 Å². The van der Waals surface area contributed by atoms with Crippen LogP contribution in [-0.4, -0.2) is 5.78 Å². The molecule has 0 aliphatic heterocycles. The molecular formula is C12H11F5O. The number of hydrogen-bond donors (Lipinski definition) is 0. The van der Waals surface area contributed by atoms with Gasteiger partial charge in [-0.25, -0.2) is 8.78 Å². The molecule has 0 heterocycles. The maximum Gasteiger partial charge on any atom is 0.416 e. The summed E-state index contributed by atoms with van der Waals surface area (Å²) in [5.74, 6) is -0.571. The Morgan fingerprint density at radius 3 is 2.17 bits per heavy atom. The zero-order valence-corrected chi connectivity index (χ0v) is 9.74. The molecule has 18 heavy (non-hydrogen) atoms. The highest BCUT2D eigenvalue weighted by atomic mass is 19.4. The third kappa shape index (κ3) is 2.86. The van der Waals surface area contributed by atoms with E-state index < -0.39 is 29.5 Å². The lowest BCUT2D eigenvalue weighted by molar-refractivity contribution is -0.139. The predicted molar refractivity (Wildman–Crippen MR) is 55.8 cm³/mol. The van der Waals surface area contributed by atoms with Crippen LogP contribution >= 0.6 is 0 Å². The summed E-state index contributed by atoms with van der Waals surface area (Å²) >= 11 is 0. The van der Waals surface area contributed by atoms with Gasteiger partial charge in [0.05, 0.1) is 5.56 Å². The second kappa shape index (κ2) is 5.04.